The maximum atomic E-state index is 12.2. The molecule has 1 unspecified atom stereocenters. The van der Waals surface area contributed by atoms with Gasteiger partial charge in [-0.05, 0) is 43.4 Å². The largest absolute Gasteiger partial charge is 0.379 e. The van der Waals surface area contributed by atoms with Gasteiger partial charge in [-0.2, -0.15) is 8.42 Å². The van der Waals surface area contributed by atoms with Crippen molar-refractivity contribution in [3.8, 4) is 0 Å². The van der Waals surface area contributed by atoms with Crippen LogP contribution in [-0.4, -0.2) is 34.0 Å². The highest BCUT2D eigenvalue weighted by molar-refractivity contribution is 7.86. The van der Waals surface area contributed by atoms with Crippen LogP contribution in [-0.2, 0) is 19.0 Å². The molecule has 0 aliphatic heterocycles. The number of ether oxygens (including phenoxy) is 1. The standard InChI is InChI=1S/C23H30O5S/c1-4-19(3)20-9-11-21(12-10-20)23(24)6-5-15-27-16-17-28-29(25,26)22-13-7-18(2)8-14-22/h7-14,19H,4-6,15-17H2,1-3H3. The fourth-order valence-corrected chi connectivity index (χ4v) is 3.68. The van der Waals surface area contributed by atoms with Crippen LogP contribution in [0.4, 0.5) is 0 Å². The lowest BCUT2D eigenvalue weighted by atomic mass is 9.96. The zero-order valence-corrected chi connectivity index (χ0v) is 18.2. The second kappa shape index (κ2) is 11.2. The Kier molecular flexibility index (Phi) is 9.01. The normalized spacial score (nSPS) is 12.7. The summed E-state index contributed by atoms with van der Waals surface area (Å²) in [6.07, 6.45) is 2.04. The van der Waals surface area contributed by atoms with Crippen LogP contribution in [0.25, 0.3) is 0 Å². The van der Waals surface area contributed by atoms with Crippen molar-refractivity contribution in [2.45, 2.75) is 50.8 Å². The number of hydrogen-bond donors (Lipinski definition) is 0. The molecule has 2 rings (SSSR count). The number of carbonyl (C=O) groups excluding carboxylic acids is 1. The van der Waals surface area contributed by atoms with Gasteiger partial charge in [-0.1, -0.05) is 55.8 Å². The monoisotopic (exact) mass is 418 g/mol. The summed E-state index contributed by atoms with van der Waals surface area (Å²) in [4.78, 5) is 12.4. The van der Waals surface area contributed by atoms with E-state index in [1.807, 2.05) is 31.2 Å². The highest BCUT2D eigenvalue weighted by Crippen LogP contribution is 2.19. The Morgan fingerprint density at radius 1 is 0.966 bits per heavy atom. The first kappa shape index (κ1) is 23.3. The average molecular weight is 419 g/mol. The highest BCUT2D eigenvalue weighted by atomic mass is 32.2. The number of hydrogen-bond acceptors (Lipinski definition) is 5. The summed E-state index contributed by atoms with van der Waals surface area (Å²) < 4.78 is 34.4. The number of aryl methyl sites for hydroxylation is 1. The number of carbonyl (C=O) groups is 1. The van der Waals surface area contributed by atoms with Crippen molar-refractivity contribution in [2.24, 2.45) is 0 Å². The molecule has 0 radical (unpaired) electrons. The maximum absolute atomic E-state index is 12.2. The minimum atomic E-state index is -3.77. The van der Waals surface area contributed by atoms with Crippen LogP contribution in [0.15, 0.2) is 53.4 Å². The molecule has 0 heterocycles. The molecule has 0 spiro atoms. The molecule has 6 heteroatoms. The van der Waals surface area contributed by atoms with Gasteiger partial charge in [0.15, 0.2) is 5.78 Å². The van der Waals surface area contributed by atoms with Crippen molar-refractivity contribution in [1.29, 1.82) is 0 Å². The Morgan fingerprint density at radius 3 is 2.24 bits per heavy atom. The molecule has 0 aromatic heterocycles. The zero-order chi connectivity index (χ0) is 21.3. The molecule has 0 amide bonds. The fraction of sp³-hybridized carbons (Fsp3) is 0.435. The first-order chi connectivity index (χ1) is 13.8. The van der Waals surface area contributed by atoms with E-state index in [1.165, 1.54) is 17.7 Å². The van der Waals surface area contributed by atoms with Crippen LogP contribution >= 0.6 is 0 Å². The van der Waals surface area contributed by atoms with E-state index < -0.39 is 10.1 Å². The van der Waals surface area contributed by atoms with E-state index in [0.29, 0.717) is 30.9 Å². The Balaban J connectivity index is 1.64. The number of Topliss-reactive ketones (excluding diaryl/α,β-unsaturated/α-hetero) is 1. The lowest BCUT2D eigenvalue weighted by molar-refractivity contribution is 0.0880. The van der Waals surface area contributed by atoms with Crippen LogP contribution in [0.3, 0.4) is 0 Å². The van der Waals surface area contributed by atoms with E-state index in [2.05, 4.69) is 13.8 Å². The topological polar surface area (TPSA) is 69.7 Å². The third-order valence-electron chi connectivity index (χ3n) is 4.88. The fourth-order valence-electron chi connectivity index (χ4n) is 2.79. The zero-order valence-electron chi connectivity index (χ0n) is 17.4. The first-order valence-electron chi connectivity index (χ1n) is 10.0. The van der Waals surface area contributed by atoms with Gasteiger partial charge in [-0.3, -0.25) is 8.98 Å². The summed E-state index contributed by atoms with van der Waals surface area (Å²) in [5.74, 6) is 0.576. The SMILES string of the molecule is CCC(C)c1ccc(C(=O)CCCOCCOS(=O)(=O)c2ccc(C)cc2)cc1. The summed E-state index contributed by atoms with van der Waals surface area (Å²) in [5, 5.41) is 0. The van der Waals surface area contributed by atoms with Gasteiger partial charge in [-0.25, -0.2) is 0 Å². The summed E-state index contributed by atoms with van der Waals surface area (Å²) >= 11 is 0. The Labute approximate surface area is 174 Å². The summed E-state index contributed by atoms with van der Waals surface area (Å²) in [5.41, 5.74) is 2.94. The Hall–Kier alpha value is -2.02. The van der Waals surface area contributed by atoms with E-state index in [0.717, 1.165) is 12.0 Å². The highest BCUT2D eigenvalue weighted by Gasteiger charge is 2.14. The number of benzene rings is 2. The third-order valence-corrected chi connectivity index (χ3v) is 6.21. The molecule has 0 aliphatic rings. The minimum absolute atomic E-state index is 0.0543. The maximum Gasteiger partial charge on any atom is 0.297 e. The Bertz CT molecular complexity index is 870. The predicted molar refractivity (Wildman–Crippen MR) is 114 cm³/mol. The van der Waals surface area contributed by atoms with E-state index >= 15 is 0 Å². The van der Waals surface area contributed by atoms with E-state index in [1.54, 1.807) is 12.1 Å². The summed E-state index contributed by atoms with van der Waals surface area (Å²) in [6.45, 7) is 6.68. The smallest absolute Gasteiger partial charge is 0.297 e. The van der Waals surface area contributed by atoms with Crippen LogP contribution in [0.5, 0.6) is 0 Å². The van der Waals surface area contributed by atoms with Gasteiger partial charge in [0.05, 0.1) is 18.1 Å². The molecule has 0 aliphatic carbocycles. The number of rotatable bonds is 12. The van der Waals surface area contributed by atoms with Crippen LogP contribution in [0, 0.1) is 6.92 Å². The predicted octanol–water partition coefficient (Wildman–Crippen LogP) is 4.89. The van der Waals surface area contributed by atoms with Crippen molar-refractivity contribution in [1.82, 2.24) is 0 Å². The molecular weight excluding hydrogens is 388 g/mol. The average Bonchev–Trinajstić information content (AvgIpc) is 2.72. The number of ketones is 1. The molecule has 2 aromatic rings. The molecule has 0 N–H and O–H groups in total. The van der Waals surface area contributed by atoms with E-state index in [4.69, 9.17) is 8.92 Å². The van der Waals surface area contributed by atoms with Gasteiger partial charge in [0.25, 0.3) is 10.1 Å². The Morgan fingerprint density at radius 2 is 1.62 bits per heavy atom. The van der Waals surface area contributed by atoms with Crippen molar-refractivity contribution in [3.05, 3.63) is 65.2 Å². The lowest BCUT2D eigenvalue weighted by Crippen LogP contribution is -2.12. The van der Waals surface area contributed by atoms with Gasteiger partial charge in [0, 0.05) is 18.6 Å². The van der Waals surface area contributed by atoms with Crippen LogP contribution < -0.4 is 0 Å². The van der Waals surface area contributed by atoms with E-state index in [-0.39, 0.29) is 23.9 Å². The summed E-state index contributed by atoms with van der Waals surface area (Å²) in [6, 6.07) is 14.3. The third kappa shape index (κ3) is 7.38. The van der Waals surface area contributed by atoms with Crippen molar-refractivity contribution in [3.63, 3.8) is 0 Å². The molecule has 1 atom stereocenters. The van der Waals surface area contributed by atoms with Gasteiger partial charge in [0.1, 0.15) is 0 Å². The summed E-state index contributed by atoms with van der Waals surface area (Å²) in [7, 11) is -3.77. The molecule has 0 fully saturated rings. The molecule has 0 saturated heterocycles. The van der Waals surface area contributed by atoms with Crippen molar-refractivity contribution in [2.75, 3.05) is 19.8 Å². The van der Waals surface area contributed by atoms with Crippen molar-refractivity contribution >= 4 is 15.9 Å². The van der Waals surface area contributed by atoms with Gasteiger partial charge < -0.3 is 4.74 Å². The molecule has 29 heavy (non-hydrogen) atoms. The molecule has 0 saturated carbocycles. The molecule has 0 bridgehead atoms. The van der Waals surface area contributed by atoms with Crippen LogP contribution in [0.1, 0.15) is 60.5 Å². The molecular formula is C23H30O5S. The molecule has 158 valence electrons. The van der Waals surface area contributed by atoms with Gasteiger partial charge >= 0.3 is 0 Å². The van der Waals surface area contributed by atoms with E-state index in [9.17, 15) is 13.2 Å². The molecule has 2 aromatic carbocycles. The second-order valence-corrected chi connectivity index (χ2v) is 8.77. The van der Waals surface area contributed by atoms with Crippen molar-refractivity contribution < 1.29 is 22.1 Å². The van der Waals surface area contributed by atoms with Crippen LogP contribution in [0.2, 0.25) is 0 Å². The van der Waals surface area contributed by atoms with Gasteiger partial charge in [0.2, 0.25) is 0 Å². The quantitative estimate of drug-likeness (QED) is 0.279. The minimum Gasteiger partial charge on any atom is -0.379 e. The lowest BCUT2D eigenvalue weighted by Gasteiger charge is -2.09. The van der Waals surface area contributed by atoms with Gasteiger partial charge in [-0.15, -0.1) is 0 Å². The second-order valence-electron chi connectivity index (χ2n) is 7.16. The first-order valence-corrected chi connectivity index (χ1v) is 11.4. The molecule has 5 nitrogen and oxygen atoms in total.